The molecule has 0 aliphatic carbocycles. The smallest absolute Gasteiger partial charge is 0.265 e. The molecule has 1 atom stereocenters. The molecule has 186 valence electrons. The number of halogens is 1. The summed E-state index contributed by atoms with van der Waals surface area (Å²) in [7, 11) is 1.52. The molecule has 0 aliphatic heterocycles. The van der Waals surface area contributed by atoms with E-state index in [-0.39, 0.29) is 22.3 Å². The van der Waals surface area contributed by atoms with E-state index in [0.717, 1.165) is 5.56 Å². The topological polar surface area (TPSA) is 77.8 Å². The summed E-state index contributed by atoms with van der Waals surface area (Å²) >= 11 is 6.14. The van der Waals surface area contributed by atoms with Gasteiger partial charge in [0.05, 0.1) is 18.2 Å². The summed E-state index contributed by atoms with van der Waals surface area (Å²) < 4.78 is 17.4. The lowest BCUT2D eigenvalue weighted by Gasteiger charge is -2.20. The maximum atomic E-state index is 13.5. The third-order valence-corrected chi connectivity index (χ3v) is 6.09. The van der Waals surface area contributed by atoms with Crippen LogP contribution in [0.2, 0.25) is 5.02 Å². The summed E-state index contributed by atoms with van der Waals surface area (Å²) in [6.45, 7) is 7.94. The van der Waals surface area contributed by atoms with E-state index in [1.165, 1.54) is 13.2 Å². The number of para-hydroxylation sites is 2. The Morgan fingerprint density at radius 2 is 1.72 bits per heavy atom. The Labute approximate surface area is 214 Å². The quantitative estimate of drug-likeness (QED) is 0.311. The van der Waals surface area contributed by atoms with Gasteiger partial charge in [0.2, 0.25) is 11.2 Å². The maximum Gasteiger partial charge on any atom is 0.265 e. The molecule has 0 fully saturated rings. The molecule has 4 aromatic rings. The second kappa shape index (κ2) is 10.1. The van der Waals surface area contributed by atoms with E-state index in [2.05, 4.69) is 26.1 Å². The van der Waals surface area contributed by atoms with Gasteiger partial charge in [-0.1, -0.05) is 68.8 Å². The highest BCUT2D eigenvalue weighted by Crippen LogP contribution is 2.34. The van der Waals surface area contributed by atoms with Gasteiger partial charge in [0.25, 0.3) is 5.91 Å². The number of benzene rings is 3. The van der Waals surface area contributed by atoms with Crippen molar-refractivity contribution in [2.75, 3.05) is 12.4 Å². The number of methoxy groups -OCH3 is 1. The maximum absolute atomic E-state index is 13.5. The largest absolute Gasteiger partial charge is 0.495 e. The number of fused-ring (bicyclic) bond motifs is 1. The zero-order valence-electron chi connectivity index (χ0n) is 20.8. The van der Waals surface area contributed by atoms with Crippen LogP contribution in [0.5, 0.6) is 11.5 Å². The van der Waals surface area contributed by atoms with Crippen molar-refractivity contribution in [3.05, 3.63) is 87.5 Å². The normalized spacial score (nSPS) is 12.3. The van der Waals surface area contributed by atoms with E-state index in [1.54, 1.807) is 43.3 Å². The monoisotopic (exact) mass is 505 g/mol. The second-order valence-corrected chi connectivity index (χ2v) is 9.94. The van der Waals surface area contributed by atoms with Crippen LogP contribution >= 0.6 is 11.6 Å². The Balaban J connectivity index is 1.75. The fourth-order valence-corrected chi connectivity index (χ4v) is 3.95. The van der Waals surface area contributed by atoms with Gasteiger partial charge in [-0.05, 0) is 48.2 Å². The van der Waals surface area contributed by atoms with Gasteiger partial charge in [0.1, 0.15) is 11.3 Å². The molecule has 0 spiro atoms. The number of nitrogens with one attached hydrogen (secondary N) is 1. The fourth-order valence-electron chi connectivity index (χ4n) is 3.78. The van der Waals surface area contributed by atoms with Gasteiger partial charge in [0.15, 0.2) is 11.9 Å². The first-order chi connectivity index (χ1) is 17.1. The minimum atomic E-state index is -1.01. The Morgan fingerprint density at radius 1 is 1.03 bits per heavy atom. The predicted molar refractivity (Wildman–Crippen MR) is 143 cm³/mol. The third-order valence-electron chi connectivity index (χ3n) is 5.85. The first-order valence-electron chi connectivity index (χ1n) is 11.6. The van der Waals surface area contributed by atoms with Gasteiger partial charge in [-0.3, -0.25) is 9.59 Å². The first-order valence-corrected chi connectivity index (χ1v) is 11.9. The molecule has 1 heterocycles. The molecule has 3 aromatic carbocycles. The number of carbonyl (C=O) groups is 1. The summed E-state index contributed by atoms with van der Waals surface area (Å²) in [6.07, 6.45) is -1.01. The lowest BCUT2D eigenvalue weighted by Crippen LogP contribution is -2.32. The summed E-state index contributed by atoms with van der Waals surface area (Å²) in [5.74, 6) is 0.250. The van der Waals surface area contributed by atoms with Crippen LogP contribution < -0.4 is 20.2 Å². The average molecular weight is 506 g/mol. The molecule has 0 saturated heterocycles. The molecule has 1 aromatic heterocycles. The summed E-state index contributed by atoms with van der Waals surface area (Å²) in [5.41, 5.74) is 2.21. The zero-order valence-corrected chi connectivity index (χ0v) is 21.6. The van der Waals surface area contributed by atoms with Crippen molar-refractivity contribution in [1.82, 2.24) is 0 Å². The van der Waals surface area contributed by atoms with Crippen molar-refractivity contribution in [3.63, 3.8) is 0 Å². The highest BCUT2D eigenvalue weighted by atomic mass is 35.5. The van der Waals surface area contributed by atoms with E-state index < -0.39 is 17.4 Å². The molecule has 1 amide bonds. The summed E-state index contributed by atoms with van der Waals surface area (Å²) in [4.78, 5) is 26.5. The van der Waals surface area contributed by atoms with Crippen molar-refractivity contribution in [2.24, 2.45) is 0 Å². The van der Waals surface area contributed by atoms with Crippen LogP contribution in [0, 0.1) is 0 Å². The molecule has 0 radical (unpaired) electrons. The highest BCUT2D eigenvalue weighted by molar-refractivity contribution is 6.31. The Bertz CT molecular complexity index is 1470. The van der Waals surface area contributed by atoms with Crippen molar-refractivity contribution < 1.29 is 18.7 Å². The Morgan fingerprint density at radius 3 is 2.39 bits per heavy atom. The lowest BCUT2D eigenvalue weighted by molar-refractivity contribution is -0.122. The second-order valence-electron chi connectivity index (χ2n) is 9.51. The van der Waals surface area contributed by atoms with E-state index in [1.807, 2.05) is 24.3 Å². The molecular formula is C29H28ClNO5. The number of carbonyl (C=O) groups excluding carboxylic acids is 1. The van der Waals surface area contributed by atoms with Crippen LogP contribution in [0.4, 0.5) is 5.69 Å². The minimum absolute atomic E-state index is 0.0378. The van der Waals surface area contributed by atoms with Gasteiger partial charge >= 0.3 is 0 Å². The number of anilines is 1. The molecule has 0 saturated carbocycles. The van der Waals surface area contributed by atoms with Crippen molar-refractivity contribution in [1.29, 1.82) is 0 Å². The Kier molecular flexibility index (Phi) is 7.09. The predicted octanol–water partition coefficient (Wildman–Crippen LogP) is 6.83. The molecule has 36 heavy (non-hydrogen) atoms. The molecule has 0 unspecified atom stereocenters. The average Bonchev–Trinajstić information content (AvgIpc) is 2.85. The Hall–Kier alpha value is -3.77. The van der Waals surface area contributed by atoms with Crippen LogP contribution in [0.1, 0.15) is 33.3 Å². The minimum Gasteiger partial charge on any atom is -0.495 e. The first kappa shape index (κ1) is 25.3. The molecular weight excluding hydrogens is 478 g/mol. The van der Waals surface area contributed by atoms with Gasteiger partial charge in [0, 0.05) is 10.6 Å². The van der Waals surface area contributed by atoms with E-state index in [0.29, 0.717) is 27.6 Å². The highest BCUT2D eigenvalue weighted by Gasteiger charge is 2.24. The molecule has 6 nitrogen and oxygen atoms in total. The van der Waals surface area contributed by atoms with E-state index >= 15 is 0 Å². The number of hydrogen-bond donors (Lipinski definition) is 1. The summed E-state index contributed by atoms with van der Waals surface area (Å²) in [6, 6.07) is 19.6. The van der Waals surface area contributed by atoms with E-state index in [9.17, 15) is 9.59 Å². The van der Waals surface area contributed by atoms with Crippen LogP contribution in [0.15, 0.2) is 75.9 Å². The SMILES string of the molecule is COc1ccccc1NC(=O)[C@@H](C)Oc1c(-c2ccc(C(C)(C)C)cc2)oc2ccc(Cl)cc2c1=O. The van der Waals surface area contributed by atoms with Gasteiger partial charge < -0.3 is 19.2 Å². The fraction of sp³-hybridized carbons (Fsp3) is 0.241. The van der Waals surface area contributed by atoms with Gasteiger partial charge in [-0.25, -0.2) is 0 Å². The van der Waals surface area contributed by atoms with E-state index in [4.69, 9.17) is 25.5 Å². The molecule has 0 aliphatic rings. The van der Waals surface area contributed by atoms with Crippen molar-refractivity contribution >= 4 is 34.2 Å². The summed E-state index contributed by atoms with van der Waals surface area (Å²) in [5, 5.41) is 3.45. The van der Waals surface area contributed by atoms with Crippen LogP contribution in [0.3, 0.4) is 0 Å². The number of rotatable bonds is 6. The molecule has 4 rings (SSSR count). The molecule has 0 bridgehead atoms. The lowest BCUT2D eigenvalue weighted by atomic mass is 9.86. The van der Waals surface area contributed by atoms with Crippen molar-refractivity contribution in [2.45, 2.75) is 39.2 Å². The molecule has 7 heteroatoms. The number of amides is 1. The van der Waals surface area contributed by atoms with Crippen LogP contribution in [-0.2, 0) is 10.2 Å². The standard InChI is InChI=1S/C29H28ClNO5/c1-17(28(33)31-22-8-6-7-9-24(22)34-5)35-27-25(32)21-16-20(30)14-15-23(21)36-26(27)18-10-12-19(13-11-18)29(2,3)4/h6-17H,1-5H3,(H,31,33)/t17-/m1/s1. The van der Waals surface area contributed by atoms with Gasteiger partial charge in [-0.2, -0.15) is 0 Å². The zero-order chi connectivity index (χ0) is 26.0. The number of ether oxygens (including phenoxy) is 2. The number of hydrogen-bond acceptors (Lipinski definition) is 5. The van der Waals surface area contributed by atoms with Gasteiger partial charge in [-0.15, -0.1) is 0 Å². The molecule has 1 N–H and O–H groups in total. The van der Waals surface area contributed by atoms with Crippen molar-refractivity contribution in [3.8, 4) is 22.8 Å². The van der Waals surface area contributed by atoms with Crippen LogP contribution in [-0.4, -0.2) is 19.1 Å². The van der Waals surface area contributed by atoms with Crippen LogP contribution in [0.25, 0.3) is 22.3 Å². The third kappa shape index (κ3) is 5.24.